The molecule has 5 heterocycles. The van der Waals surface area contributed by atoms with Gasteiger partial charge in [-0.2, -0.15) is 5.10 Å². The highest BCUT2D eigenvalue weighted by molar-refractivity contribution is 6.02. The van der Waals surface area contributed by atoms with Crippen LogP contribution in [0.1, 0.15) is 28.8 Å². The van der Waals surface area contributed by atoms with Crippen LogP contribution in [0.4, 0.5) is 5.82 Å². The van der Waals surface area contributed by atoms with Gasteiger partial charge < -0.3 is 14.6 Å². The number of anilines is 1. The Morgan fingerprint density at radius 3 is 2.52 bits per heavy atom. The van der Waals surface area contributed by atoms with Crippen molar-refractivity contribution < 1.29 is 9.21 Å². The fourth-order valence-corrected chi connectivity index (χ4v) is 5.37. The van der Waals surface area contributed by atoms with Crippen molar-refractivity contribution >= 4 is 22.9 Å². The molecule has 0 radical (unpaired) electrons. The number of carbonyl (C=O) groups is 1. The van der Waals surface area contributed by atoms with Crippen LogP contribution < -0.4 is 5.32 Å². The third-order valence-electron chi connectivity index (χ3n) is 6.83. The van der Waals surface area contributed by atoms with Gasteiger partial charge in [-0.25, -0.2) is 0 Å². The molecular weight excluding hydrogens is 392 g/mol. The van der Waals surface area contributed by atoms with Crippen LogP contribution in [0.3, 0.4) is 0 Å². The number of benzene rings is 1. The number of hydrogen-bond donors (Lipinski definition) is 1. The number of aryl methyl sites for hydroxylation is 2. The molecule has 1 saturated carbocycles. The quantitative estimate of drug-likeness (QED) is 0.549. The van der Waals surface area contributed by atoms with Gasteiger partial charge >= 0.3 is 0 Å². The Labute approximate surface area is 179 Å². The predicted octanol–water partition coefficient (Wildman–Crippen LogP) is 3.33. The average molecular weight is 416 g/mol. The average Bonchev–Trinajstić information content (AvgIpc) is 3.56. The van der Waals surface area contributed by atoms with Crippen molar-refractivity contribution in [1.29, 1.82) is 0 Å². The van der Waals surface area contributed by atoms with Crippen molar-refractivity contribution in [1.82, 2.24) is 24.9 Å². The van der Waals surface area contributed by atoms with Gasteiger partial charge in [0.25, 0.3) is 5.91 Å². The Balaban J connectivity index is 1.08. The fourth-order valence-electron chi connectivity index (χ4n) is 5.37. The van der Waals surface area contributed by atoms with Gasteiger partial charge in [-0.05, 0) is 67.5 Å². The lowest BCUT2D eigenvalue weighted by molar-refractivity contribution is 0.0781. The summed E-state index contributed by atoms with van der Waals surface area (Å²) in [5, 5.41) is 16.6. The molecular formula is C23H24N6O2. The van der Waals surface area contributed by atoms with E-state index in [2.05, 4.69) is 20.6 Å². The van der Waals surface area contributed by atoms with Crippen LogP contribution >= 0.6 is 0 Å². The van der Waals surface area contributed by atoms with E-state index in [9.17, 15) is 4.79 Å². The third kappa shape index (κ3) is 3.05. The Morgan fingerprint density at radius 2 is 1.94 bits per heavy atom. The van der Waals surface area contributed by atoms with Gasteiger partial charge in [-0.1, -0.05) is 0 Å². The monoisotopic (exact) mass is 416 g/mol. The summed E-state index contributed by atoms with van der Waals surface area (Å²) in [5.74, 6) is 1.95. The van der Waals surface area contributed by atoms with E-state index in [1.54, 1.807) is 0 Å². The number of nitrogens with zero attached hydrogens (tertiary/aromatic N) is 5. The van der Waals surface area contributed by atoms with E-state index < -0.39 is 0 Å². The lowest BCUT2D eigenvalue weighted by atomic mass is 10.0. The number of carbonyl (C=O) groups excluding carboxylic acids is 1. The van der Waals surface area contributed by atoms with E-state index >= 15 is 0 Å². The van der Waals surface area contributed by atoms with Gasteiger partial charge in [-0.15, -0.1) is 10.2 Å². The second kappa shape index (κ2) is 6.80. The molecule has 0 aromatic carbocycles. The molecule has 6 rings (SSSR count). The standard InChI is InChI=1S/C23H24N6O2/c1-13-10-24-28(2)22(13)19-4-6-21(27-26-19)25-16-7-14-11-29(12-15(14)8-16)23(30)18-9-17-3-5-20(18)31-17/h3-6,9-10,14-16H,7-8,11-12H2,1-2H3,(H,25,27)/t14-,15+,16+. The van der Waals surface area contributed by atoms with Crippen molar-refractivity contribution in [3.8, 4) is 11.4 Å². The normalized spacial score (nSPS) is 23.0. The van der Waals surface area contributed by atoms with Crippen LogP contribution in [0.5, 0.6) is 0 Å². The Morgan fingerprint density at radius 1 is 1.13 bits per heavy atom. The van der Waals surface area contributed by atoms with E-state index in [4.69, 9.17) is 4.42 Å². The van der Waals surface area contributed by atoms with Crippen LogP contribution in [0.15, 0.2) is 40.9 Å². The lowest BCUT2D eigenvalue weighted by Crippen LogP contribution is -2.31. The van der Waals surface area contributed by atoms with Gasteiger partial charge in [0.1, 0.15) is 22.7 Å². The summed E-state index contributed by atoms with van der Waals surface area (Å²) >= 11 is 0. The minimum Gasteiger partial charge on any atom is -0.457 e. The zero-order valence-electron chi connectivity index (χ0n) is 17.6. The maximum absolute atomic E-state index is 12.9. The SMILES string of the molecule is Cc1cnn(C)c1-c1ccc(N[C@H]2C[C@@H]3CN(C(=O)c4cc5ccc4o5)C[C@@H]3C2)nn1. The molecule has 2 bridgehead atoms. The topological polar surface area (TPSA) is 89.1 Å². The molecule has 8 heteroatoms. The van der Waals surface area contributed by atoms with E-state index in [0.717, 1.165) is 54.3 Å². The van der Waals surface area contributed by atoms with Crippen LogP contribution in [0.25, 0.3) is 22.6 Å². The molecule has 3 atom stereocenters. The van der Waals surface area contributed by atoms with Crippen LogP contribution in [-0.2, 0) is 7.05 Å². The number of aromatic nitrogens is 4. The van der Waals surface area contributed by atoms with Crippen LogP contribution in [-0.4, -0.2) is 49.9 Å². The smallest absolute Gasteiger partial charge is 0.257 e. The molecule has 4 aromatic rings. The van der Waals surface area contributed by atoms with Gasteiger partial charge in [-0.3, -0.25) is 9.48 Å². The molecule has 4 aromatic heterocycles. The molecule has 0 spiro atoms. The Bertz CT molecular complexity index is 1210. The highest BCUT2D eigenvalue weighted by Gasteiger charge is 2.43. The first kappa shape index (κ1) is 18.4. The summed E-state index contributed by atoms with van der Waals surface area (Å²) in [4.78, 5) is 14.9. The first-order chi connectivity index (χ1) is 15.0. The molecule has 0 unspecified atom stereocenters. The second-order valence-electron chi connectivity index (χ2n) is 8.91. The van der Waals surface area contributed by atoms with Gasteiger partial charge in [0.2, 0.25) is 0 Å². The summed E-state index contributed by atoms with van der Waals surface area (Å²) in [7, 11) is 1.91. The van der Waals surface area contributed by atoms with Gasteiger partial charge in [0, 0.05) is 26.2 Å². The van der Waals surface area contributed by atoms with Crippen molar-refractivity contribution in [2.75, 3.05) is 18.4 Å². The predicted molar refractivity (Wildman–Crippen MR) is 116 cm³/mol. The fraction of sp³-hybridized carbons (Fsp3) is 0.391. The number of furan rings is 2. The van der Waals surface area contributed by atoms with Crippen molar-refractivity contribution in [3.05, 3.63) is 47.7 Å². The minimum atomic E-state index is 0.0974. The Hall–Kier alpha value is -3.42. The van der Waals surface area contributed by atoms with Crippen LogP contribution in [0.2, 0.25) is 0 Å². The molecule has 2 aliphatic rings. The largest absolute Gasteiger partial charge is 0.457 e. The maximum Gasteiger partial charge on any atom is 0.257 e. The molecule has 1 amide bonds. The summed E-state index contributed by atoms with van der Waals surface area (Å²) in [6.45, 7) is 3.65. The zero-order valence-corrected chi connectivity index (χ0v) is 17.6. The number of likely N-dealkylation sites (tertiary alicyclic amines) is 1. The van der Waals surface area contributed by atoms with Crippen molar-refractivity contribution in [2.45, 2.75) is 25.8 Å². The lowest BCUT2D eigenvalue weighted by Gasteiger charge is -2.20. The maximum atomic E-state index is 12.9. The first-order valence-corrected chi connectivity index (χ1v) is 10.8. The van der Waals surface area contributed by atoms with Crippen molar-refractivity contribution in [3.63, 3.8) is 0 Å². The van der Waals surface area contributed by atoms with E-state index in [0.29, 0.717) is 29.0 Å². The summed E-state index contributed by atoms with van der Waals surface area (Å²) in [6.07, 6.45) is 3.92. The molecule has 158 valence electrons. The van der Waals surface area contributed by atoms with E-state index in [1.165, 1.54) is 0 Å². The zero-order chi connectivity index (χ0) is 21.1. The minimum absolute atomic E-state index is 0.0974. The summed E-state index contributed by atoms with van der Waals surface area (Å²) in [5.41, 5.74) is 5.06. The van der Waals surface area contributed by atoms with E-state index in [1.807, 2.05) is 60.1 Å². The first-order valence-electron chi connectivity index (χ1n) is 10.8. The summed E-state index contributed by atoms with van der Waals surface area (Å²) < 4.78 is 7.37. The van der Waals surface area contributed by atoms with E-state index in [-0.39, 0.29) is 5.91 Å². The molecule has 8 nitrogen and oxygen atoms in total. The molecule has 31 heavy (non-hydrogen) atoms. The van der Waals surface area contributed by atoms with Gasteiger partial charge in [0.05, 0.1) is 17.5 Å². The number of amides is 1. The molecule has 1 saturated heterocycles. The highest BCUT2D eigenvalue weighted by atomic mass is 16.3. The molecule has 1 aliphatic carbocycles. The number of rotatable bonds is 4. The second-order valence-corrected chi connectivity index (χ2v) is 8.91. The van der Waals surface area contributed by atoms with Crippen molar-refractivity contribution in [2.24, 2.45) is 18.9 Å². The number of hydrogen-bond acceptors (Lipinski definition) is 6. The molecule has 1 aliphatic heterocycles. The van der Waals surface area contributed by atoms with Gasteiger partial charge in [0.15, 0.2) is 0 Å². The number of fused-ring (bicyclic) bond motifs is 3. The highest BCUT2D eigenvalue weighted by Crippen LogP contribution is 2.40. The summed E-state index contributed by atoms with van der Waals surface area (Å²) in [6, 6.07) is 9.97. The van der Waals surface area contributed by atoms with Crippen LogP contribution in [0, 0.1) is 18.8 Å². The molecule has 2 fully saturated rings. The Kier molecular flexibility index (Phi) is 4.03. The molecule has 1 N–H and O–H groups in total. The number of nitrogens with one attached hydrogen (secondary N) is 1. The third-order valence-corrected chi connectivity index (χ3v) is 6.83.